The average molecular weight is 467 g/mol. The third-order valence-electron chi connectivity index (χ3n) is 6.75. The SMILES string of the molecule is CN(C)CCN(Cc1ccc(F)cc1)C(=O)CCN1C(=O)c2ccccc2N2C(=O)CCC12C. The lowest BCUT2D eigenvalue weighted by Gasteiger charge is -2.48. The molecule has 3 amide bonds. The Bertz CT molecular complexity index is 1090. The number of amides is 3. The van der Waals surface area contributed by atoms with E-state index in [1.165, 1.54) is 12.1 Å². The van der Waals surface area contributed by atoms with Crippen LogP contribution in [-0.2, 0) is 16.1 Å². The number of halogens is 1. The van der Waals surface area contributed by atoms with Crippen molar-refractivity contribution in [2.45, 2.75) is 38.4 Å². The summed E-state index contributed by atoms with van der Waals surface area (Å²) in [4.78, 5) is 46.6. The van der Waals surface area contributed by atoms with Gasteiger partial charge in [-0.2, -0.15) is 0 Å². The van der Waals surface area contributed by atoms with Crippen LogP contribution in [0.1, 0.15) is 42.1 Å². The zero-order valence-corrected chi connectivity index (χ0v) is 20.0. The van der Waals surface area contributed by atoms with Crippen LogP contribution in [-0.4, -0.2) is 71.8 Å². The van der Waals surface area contributed by atoms with Crippen molar-refractivity contribution in [3.63, 3.8) is 0 Å². The van der Waals surface area contributed by atoms with Crippen LogP contribution < -0.4 is 4.90 Å². The van der Waals surface area contributed by atoms with E-state index in [0.29, 0.717) is 43.7 Å². The number of benzene rings is 2. The minimum atomic E-state index is -0.784. The lowest BCUT2D eigenvalue weighted by Crippen LogP contribution is -2.62. The van der Waals surface area contributed by atoms with Crippen molar-refractivity contribution < 1.29 is 18.8 Å². The molecule has 2 aromatic carbocycles. The van der Waals surface area contributed by atoms with Gasteiger partial charge in [-0.05, 0) is 57.3 Å². The molecular formula is C26H31FN4O3. The molecule has 0 radical (unpaired) electrons. The fraction of sp³-hybridized carbons (Fsp3) is 0.423. The van der Waals surface area contributed by atoms with E-state index in [4.69, 9.17) is 0 Å². The van der Waals surface area contributed by atoms with Gasteiger partial charge in [0.05, 0.1) is 11.3 Å². The zero-order chi connectivity index (χ0) is 24.5. The first-order valence-electron chi connectivity index (χ1n) is 11.6. The van der Waals surface area contributed by atoms with Gasteiger partial charge in [0.1, 0.15) is 11.5 Å². The van der Waals surface area contributed by atoms with E-state index in [2.05, 4.69) is 0 Å². The molecule has 0 saturated carbocycles. The summed E-state index contributed by atoms with van der Waals surface area (Å²) in [5.41, 5.74) is 1.19. The Hall–Kier alpha value is -3.26. The topological polar surface area (TPSA) is 64.2 Å². The number of carbonyl (C=O) groups is 3. The molecule has 0 spiro atoms. The first kappa shape index (κ1) is 23.9. The first-order chi connectivity index (χ1) is 16.2. The van der Waals surface area contributed by atoms with Crippen molar-refractivity contribution in [3.05, 3.63) is 65.5 Å². The van der Waals surface area contributed by atoms with Gasteiger partial charge in [0.25, 0.3) is 5.91 Å². The second kappa shape index (κ2) is 9.54. The molecule has 1 fully saturated rings. The molecule has 0 bridgehead atoms. The van der Waals surface area contributed by atoms with Gasteiger partial charge in [0.15, 0.2) is 0 Å². The van der Waals surface area contributed by atoms with Crippen molar-refractivity contribution in [2.75, 3.05) is 38.6 Å². The number of hydrogen-bond acceptors (Lipinski definition) is 4. The molecule has 2 heterocycles. The highest BCUT2D eigenvalue weighted by Gasteiger charge is 2.52. The Morgan fingerprint density at radius 2 is 1.76 bits per heavy atom. The lowest BCUT2D eigenvalue weighted by molar-refractivity contribution is -0.132. The van der Waals surface area contributed by atoms with Crippen LogP contribution in [0.2, 0.25) is 0 Å². The van der Waals surface area contributed by atoms with Crippen molar-refractivity contribution >= 4 is 23.4 Å². The van der Waals surface area contributed by atoms with Crippen molar-refractivity contribution in [2.24, 2.45) is 0 Å². The minimum absolute atomic E-state index is 0.0114. The van der Waals surface area contributed by atoms with Crippen LogP contribution in [0.25, 0.3) is 0 Å². The second-order valence-electron chi connectivity index (χ2n) is 9.42. The van der Waals surface area contributed by atoms with Crippen LogP contribution in [0.4, 0.5) is 10.1 Å². The predicted octanol–water partition coefficient (Wildman–Crippen LogP) is 3.11. The van der Waals surface area contributed by atoms with Crippen LogP contribution in [0.15, 0.2) is 48.5 Å². The summed E-state index contributed by atoms with van der Waals surface area (Å²) in [5, 5.41) is 0. The predicted molar refractivity (Wildman–Crippen MR) is 128 cm³/mol. The van der Waals surface area contributed by atoms with Gasteiger partial charge in [-0.3, -0.25) is 19.3 Å². The Kier molecular flexibility index (Phi) is 6.70. The second-order valence-corrected chi connectivity index (χ2v) is 9.42. The maximum atomic E-state index is 13.4. The largest absolute Gasteiger partial charge is 0.337 e. The molecular weight excluding hydrogens is 435 g/mol. The summed E-state index contributed by atoms with van der Waals surface area (Å²) in [6, 6.07) is 13.3. The molecule has 1 atom stereocenters. The highest BCUT2D eigenvalue weighted by Crippen LogP contribution is 2.44. The van der Waals surface area contributed by atoms with Crippen LogP contribution >= 0.6 is 0 Å². The number of anilines is 1. The van der Waals surface area contributed by atoms with E-state index < -0.39 is 5.66 Å². The highest BCUT2D eigenvalue weighted by atomic mass is 19.1. The van der Waals surface area contributed by atoms with E-state index in [0.717, 1.165) is 5.56 Å². The Labute approximate surface area is 199 Å². The average Bonchev–Trinajstić information content (AvgIpc) is 3.12. The standard InChI is InChI=1S/C26H31FN4O3/c1-26-14-12-24(33)31(26)22-7-5-4-6-21(22)25(34)30(26)15-13-23(32)29(17-16-28(2)3)18-19-8-10-20(27)11-9-19/h4-11H,12-18H2,1-3H3. The molecule has 0 aliphatic carbocycles. The summed E-state index contributed by atoms with van der Waals surface area (Å²) in [6.45, 7) is 3.68. The van der Waals surface area contributed by atoms with Gasteiger partial charge in [-0.15, -0.1) is 0 Å². The van der Waals surface area contributed by atoms with E-state index >= 15 is 0 Å². The number of nitrogens with zero attached hydrogens (tertiary/aromatic N) is 4. The molecule has 4 rings (SSSR count). The molecule has 1 unspecified atom stereocenters. The normalized spacial score (nSPS) is 19.4. The van der Waals surface area contributed by atoms with E-state index in [9.17, 15) is 18.8 Å². The van der Waals surface area contributed by atoms with Crippen LogP contribution in [0, 0.1) is 5.82 Å². The Morgan fingerprint density at radius 3 is 2.47 bits per heavy atom. The van der Waals surface area contributed by atoms with E-state index in [-0.39, 0.29) is 36.5 Å². The molecule has 8 heteroatoms. The highest BCUT2D eigenvalue weighted by molar-refractivity contribution is 6.10. The number of likely N-dealkylation sites (N-methyl/N-ethyl adjacent to an activating group) is 1. The Morgan fingerprint density at radius 1 is 1.06 bits per heavy atom. The van der Waals surface area contributed by atoms with Crippen molar-refractivity contribution in [1.29, 1.82) is 0 Å². The number of hydrogen-bond donors (Lipinski definition) is 0. The van der Waals surface area contributed by atoms with E-state index in [1.54, 1.807) is 39.0 Å². The Balaban J connectivity index is 1.52. The summed E-state index contributed by atoms with van der Waals surface area (Å²) in [6.07, 6.45) is 1.03. The molecule has 180 valence electrons. The van der Waals surface area contributed by atoms with Gasteiger partial charge in [-0.25, -0.2) is 4.39 Å². The molecule has 2 aliphatic rings. The monoisotopic (exact) mass is 466 g/mol. The molecule has 0 aromatic heterocycles. The maximum absolute atomic E-state index is 13.4. The number of fused-ring (bicyclic) bond motifs is 3. The summed E-state index contributed by atoms with van der Waals surface area (Å²) < 4.78 is 13.3. The number of rotatable bonds is 8. The van der Waals surface area contributed by atoms with Crippen molar-refractivity contribution in [1.82, 2.24) is 14.7 Å². The van der Waals surface area contributed by atoms with Gasteiger partial charge in [0, 0.05) is 39.0 Å². The number of carbonyl (C=O) groups excluding carboxylic acids is 3. The molecule has 0 N–H and O–H groups in total. The summed E-state index contributed by atoms with van der Waals surface area (Å²) in [5.74, 6) is -0.571. The molecule has 1 saturated heterocycles. The van der Waals surface area contributed by atoms with Gasteiger partial charge < -0.3 is 14.7 Å². The van der Waals surface area contributed by atoms with Gasteiger partial charge in [-0.1, -0.05) is 24.3 Å². The van der Waals surface area contributed by atoms with Crippen LogP contribution in [0.3, 0.4) is 0 Å². The van der Waals surface area contributed by atoms with Crippen LogP contribution in [0.5, 0.6) is 0 Å². The minimum Gasteiger partial charge on any atom is -0.337 e. The lowest BCUT2D eigenvalue weighted by atomic mass is 9.98. The quantitative estimate of drug-likeness (QED) is 0.600. The molecule has 2 aliphatic heterocycles. The summed E-state index contributed by atoms with van der Waals surface area (Å²) >= 11 is 0. The van der Waals surface area contributed by atoms with Crippen molar-refractivity contribution in [3.8, 4) is 0 Å². The zero-order valence-electron chi connectivity index (χ0n) is 20.0. The third-order valence-corrected chi connectivity index (χ3v) is 6.75. The van der Waals surface area contributed by atoms with Gasteiger partial charge >= 0.3 is 0 Å². The maximum Gasteiger partial charge on any atom is 0.257 e. The molecule has 7 nitrogen and oxygen atoms in total. The third kappa shape index (κ3) is 4.55. The molecule has 34 heavy (non-hydrogen) atoms. The first-order valence-corrected chi connectivity index (χ1v) is 11.6. The molecule has 2 aromatic rings. The fourth-order valence-electron chi connectivity index (χ4n) is 4.83. The fourth-order valence-corrected chi connectivity index (χ4v) is 4.83. The van der Waals surface area contributed by atoms with E-state index in [1.807, 2.05) is 38.1 Å². The smallest absolute Gasteiger partial charge is 0.257 e. The summed E-state index contributed by atoms with van der Waals surface area (Å²) in [7, 11) is 3.88. The number of para-hydroxylation sites is 1. The van der Waals surface area contributed by atoms with Gasteiger partial charge in [0.2, 0.25) is 11.8 Å².